The fourth-order valence-electron chi connectivity index (χ4n) is 2.91. The molecule has 0 bridgehead atoms. The number of anilines is 1. The molecule has 0 unspecified atom stereocenters. The molecule has 3 rings (SSSR count). The maximum atomic E-state index is 12.7. The Morgan fingerprint density at radius 3 is 2.55 bits per heavy atom. The van der Waals surface area contributed by atoms with Crippen LogP contribution in [0.15, 0.2) is 76.8 Å². The third kappa shape index (κ3) is 5.35. The van der Waals surface area contributed by atoms with Gasteiger partial charge in [0.15, 0.2) is 0 Å². The summed E-state index contributed by atoms with van der Waals surface area (Å²) in [6, 6.07) is 22.9. The standard InChI is InChI=1S/C24H18BrClN2O/c1-16-6-2-5-9-23(16)28-24(29)20(15-27)13-19-14-21(25)11-10-17(19)12-18-7-3-4-8-22(18)26/h2-11,13-14H,12H2,1H3,(H,28,29)/b20-13+. The average Bonchev–Trinajstić information content (AvgIpc) is 2.71. The lowest BCUT2D eigenvalue weighted by atomic mass is 9.98. The minimum Gasteiger partial charge on any atom is -0.321 e. The van der Waals surface area contributed by atoms with Gasteiger partial charge in [0.1, 0.15) is 11.6 Å². The Morgan fingerprint density at radius 2 is 1.83 bits per heavy atom. The van der Waals surface area contributed by atoms with E-state index >= 15 is 0 Å². The summed E-state index contributed by atoms with van der Waals surface area (Å²) in [6.45, 7) is 1.90. The van der Waals surface area contributed by atoms with Gasteiger partial charge in [0.25, 0.3) is 5.91 Å². The molecule has 0 spiro atoms. The molecule has 3 aromatic carbocycles. The fraction of sp³-hybridized carbons (Fsp3) is 0.0833. The maximum Gasteiger partial charge on any atom is 0.266 e. The van der Waals surface area contributed by atoms with Gasteiger partial charge >= 0.3 is 0 Å². The van der Waals surface area contributed by atoms with Crippen molar-refractivity contribution in [2.45, 2.75) is 13.3 Å². The Balaban J connectivity index is 1.94. The van der Waals surface area contributed by atoms with Gasteiger partial charge in [-0.05, 0) is 65.9 Å². The molecule has 0 aliphatic rings. The predicted octanol–water partition coefficient (Wildman–Crippen LogP) is 6.55. The van der Waals surface area contributed by atoms with Crippen LogP contribution in [0.2, 0.25) is 5.02 Å². The molecule has 144 valence electrons. The second-order valence-corrected chi connectivity index (χ2v) is 7.87. The molecular weight excluding hydrogens is 448 g/mol. The highest BCUT2D eigenvalue weighted by molar-refractivity contribution is 9.10. The van der Waals surface area contributed by atoms with Crippen LogP contribution in [-0.4, -0.2) is 5.91 Å². The lowest BCUT2D eigenvalue weighted by Crippen LogP contribution is -2.14. The first kappa shape index (κ1) is 20.9. The molecule has 0 radical (unpaired) electrons. The van der Waals surface area contributed by atoms with Crippen LogP contribution in [0, 0.1) is 18.3 Å². The summed E-state index contributed by atoms with van der Waals surface area (Å²) in [5.74, 6) is -0.439. The number of para-hydroxylation sites is 1. The van der Waals surface area contributed by atoms with Gasteiger partial charge in [-0.25, -0.2) is 0 Å². The molecule has 0 fully saturated rings. The molecule has 0 aliphatic heterocycles. The van der Waals surface area contributed by atoms with E-state index in [1.165, 1.54) is 0 Å². The van der Waals surface area contributed by atoms with Crippen molar-refractivity contribution in [3.05, 3.63) is 104 Å². The van der Waals surface area contributed by atoms with E-state index in [1.807, 2.05) is 79.7 Å². The smallest absolute Gasteiger partial charge is 0.266 e. The van der Waals surface area contributed by atoms with Gasteiger partial charge in [0.05, 0.1) is 0 Å². The second-order valence-electron chi connectivity index (χ2n) is 6.55. The van der Waals surface area contributed by atoms with Crippen LogP contribution >= 0.6 is 27.5 Å². The van der Waals surface area contributed by atoms with E-state index < -0.39 is 5.91 Å². The van der Waals surface area contributed by atoms with E-state index in [4.69, 9.17) is 11.6 Å². The van der Waals surface area contributed by atoms with Gasteiger partial charge in [0.2, 0.25) is 0 Å². The van der Waals surface area contributed by atoms with Crippen LogP contribution in [-0.2, 0) is 11.2 Å². The van der Waals surface area contributed by atoms with E-state index in [1.54, 1.807) is 6.08 Å². The Bertz CT molecular complexity index is 1130. The summed E-state index contributed by atoms with van der Waals surface area (Å²) in [5.41, 5.74) is 4.39. The van der Waals surface area contributed by atoms with Crippen LogP contribution in [0.4, 0.5) is 5.69 Å². The van der Waals surface area contributed by atoms with Crippen LogP contribution in [0.5, 0.6) is 0 Å². The lowest BCUT2D eigenvalue weighted by Gasteiger charge is -2.10. The normalized spacial score (nSPS) is 11.0. The van der Waals surface area contributed by atoms with Gasteiger partial charge in [-0.15, -0.1) is 0 Å². The number of hydrogen-bond acceptors (Lipinski definition) is 2. The molecule has 0 aliphatic carbocycles. The number of carbonyl (C=O) groups is 1. The average molecular weight is 466 g/mol. The van der Waals surface area contributed by atoms with Gasteiger partial charge in [-0.1, -0.05) is 70.0 Å². The maximum absolute atomic E-state index is 12.7. The third-order valence-electron chi connectivity index (χ3n) is 4.50. The zero-order chi connectivity index (χ0) is 20.8. The molecule has 1 N–H and O–H groups in total. The number of carbonyl (C=O) groups excluding carboxylic acids is 1. The van der Waals surface area contributed by atoms with E-state index in [9.17, 15) is 10.1 Å². The quantitative estimate of drug-likeness (QED) is 0.343. The molecule has 1 amide bonds. The SMILES string of the molecule is Cc1ccccc1NC(=O)/C(C#N)=C/c1cc(Br)ccc1Cc1ccccc1Cl. The van der Waals surface area contributed by atoms with Crippen molar-refractivity contribution >= 4 is 45.2 Å². The number of nitrogens with one attached hydrogen (secondary N) is 1. The highest BCUT2D eigenvalue weighted by Crippen LogP contribution is 2.25. The predicted molar refractivity (Wildman–Crippen MR) is 122 cm³/mol. The Hall–Kier alpha value is -2.87. The zero-order valence-corrected chi connectivity index (χ0v) is 18.1. The molecule has 29 heavy (non-hydrogen) atoms. The first-order valence-electron chi connectivity index (χ1n) is 8.98. The fourth-order valence-corrected chi connectivity index (χ4v) is 3.50. The summed E-state index contributed by atoms with van der Waals surface area (Å²) < 4.78 is 0.864. The van der Waals surface area contributed by atoms with Crippen molar-refractivity contribution < 1.29 is 4.79 Å². The lowest BCUT2D eigenvalue weighted by molar-refractivity contribution is -0.112. The Labute approximate surface area is 183 Å². The molecule has 5 heteroatoms. The first-order valence-corrected chi connectivity index (χ1v) is 10.2. The first-order chi connectivity index (χ1) is 14.0. The Morgan fingerprint density at radius 1 is 1.10 bits per heavy atom. The molecule has 0 saturated carbocycles. The van der Waals surface area contributed by atoms with Crippen molar-refractivity contribution in [3.63, 3.8) is 0 Å². The van der Waals surface area contributed by atoms with Crippen molar-refractivity contribution in [2.75, 3.05) is 5.32 Å². The summed E-state index contributed by atoms with van der Waals surface area (Å²) in [5, 5.41) is 13.1. The topological polar surface area (TPSA) is 52.9 Å². The monoisotopic (exact) mass is 464 g/mol. The number of amides is 1. The van der Waals surface area contributed by atoms with Gasteiger partial charge < -0.3 is 5.32 Å². The molecule has 0 heterocycles. The van der Waals surface area contributed by atoms with Crippen LogP contribution in [0.1, 0.15) is 22.3 Å². The van der Waals surface area contributed by atoms with E-state index in [-0.39, 0.29) is 5.57 Å². The number of aryl methyl sites for hydroxylation is 1. The Kier molecular flexibility index (Phi) is 6.87. The molecule has 0 aromatic heterocycles. The molecular formula is C24H18BrClN2O. The highest BCUT2D eigenvalue weighted by atomic mass is 79.9. The summed E-state index contributed by atoms with van der Waals surface area (Å²) in [7, 11) is 0. The number of rotatable bonds is 5. The zero-order valence-electron chi connectivity index (χ0n) is 15.7. The van der Waals surface area contributed by atoms with Crippen molar-refractivity contribution in [2.24, 2.45) is 0 Å². The van der Waals surface area contributed by atoms with Crippen LogP contribution in [0.3, 0.4) is 0 Å². The number of nitrogens with zero attached hydrogens (tertiary/aromatic N) is 1. The van der Waals surface area contributed by atoms with Crippen molar-refractivity contribution in [1.29, 1.82) is 5.26 Å². The number of benzene rings is 3. The summed E-state index contributed by atoms with van der Waals surface area (Å²) in [4.78, 5) is 12.7. The van der Waals surface area contributed by atoms with Gasteiger partial charge in [-0.2, -0.15) is 5.26 Å². The minimum atomic E-state index is -0.439. The van der Waals surface area contributed by atoms with Crippen molar-refractivity contribution in [3.8, 4) is 6.07 Å². The molecule has 0 atom stereocenters. The van der Waals surface area contributed by atoms with Crippen LogP contribution in [0.25, 0.3) is 6.08 Å². The third-order valence-corrected chi connectivity index (χ3v) is 5.37. The summed E-state index contributed by atoms with van der Waals surface area (Å²) in [6.07, 6.45) is 2.21. The summed E-state index contributed by atoms with van der Waals surface area (Å²) >= 11 is 9.77. The largest absolute Gasteiger partial charge is 0.321 e. The van der Waals surface area contributed by atoms with E-state index in [2.05, 4.69) is 21.2 Å². The van der Waals surface area contributed by atoms with E-state index in [0.29, 0.717) is 17.1 Å². The molecule has 0 saturated heterocycles. The van der Waals surface area contributed by atoms with Gasteiger partial charge in [-0.3, -0.25) is 4.79 Å². The number of halogens is 2. The van der Waals surface area contributed by atoms with E-state index in [0.717, 1.165) is 26.7 Å². The second kappa shape index (κ2) is 9.56. The number of nitriles is 1. The number of hydrogen-bond donors (Lipinski definition) is 1. The van der Waals surface area contributed by atoms with Crippen LogP contribution < -0.4 is 5.32 Å². The highest BCUT2D eigenvalue weighted by Gasteiger charge is 2.13. The van der Waals surface area contributed by atoms with Gasteiger partial charge in [0, 0.05) is 15.2 Å². The molecule has 3 aromatic rings. The minimum absolute atomic E-state index is 0.0340. The molecule has 3 nitrogen and oxygen atoms in total. The van der Waals surface area contributed by atoms with Crippen molar-refractivity contribution in [1.82, 2.24) is 0 Å².